The molecule has 0 radical (unpaired) electrons. The number of anilines is 1. The van der Waals surface area contributed by atoms with E-state index in [2.05, 4.69) is 37.3 Å². The van der Waals surface area contributed by atoms with Gasteiger partial charge in [0.05, 0.1) is 17.0 Å². The Balaban J connectivity index is 0.000000867. The number of nitrogens with one attached hydrogen (secondary N) is 2. The quantitative estimate of drug-likeness (QED) is 0.251. The predicted octanol–water partition coefficient (Wildman–Crippen LogP) is 2.39. The van der Waals surface area contributed by atoms with E-state index in [1.165, 1.54) is 0 Å². The molecular formula is C28H32N6O6. The summed E-state index contributed by atoms with van der Waals surface area (Å²) >= 11 is 0. The van der Waals surface area contributed by atoms with Crippen LogP contribution in [0.25, 0.3) is 22.6 Å². The van der Waals surface area contributed by atoms with Gasteiger partial charge in [0.15, 0.2) is 11.5 Å². The zero-order valence-electron chi connectivity index (χ0n) is 22.4. The lowest BCUT2D eigenvalue weighted by Gasteiger charge is -2.30. The number of carboxylic acid groups (broad SMARTS) is 2. The summed E-state index contributed by atoms with van der Waals surface area (Å²) in [7, 11) is 0. The van der Waals surface area contributed by atoms with Gasteiger partial charge in [0.1, 0.15) is 0 Å². The topological polar surface area (TPSA) is 171 Å². The van der Waals surface area contributed by atoms with Gasteiger partial charge in [-0.2, -0.15) is 4.98 Å². The van der Waals surface area contributed by atoms with Crippen LogP contribution in [0.3, 0.4) is 0 Å². The first kappa shape index (κ1) is 28.4. The largest absolute Gasteiger partial charge is 0.481 e. The van der Waals surface area contributed by atoms with E-state index < -0.39 is 23.2 Å². The number of rotatable bonds is 7. The van der Waals surface area contributed by atoms with Crippen LogP contribution < -0.4 is 16.6 Å². The monoisotopic (exact) mass is 548 g/mol. The van der Waals surface area contributed by atoms with Crippen molar-refractivity contribution >= 4 is 28.7 Å². The van der Waals surface area contributed by atoms with Gasteiger partial charge < -0.3 is 25.0 Å². The lowest BCUT2D eigenvalue weighted by Crippen LogP contribution is -2.38. The van der Waals surface area contributed by atoms with E-state index in [4.69, 9.17) is 9.90 Å². The number of benzene rings is 2. The van der Waals surface area contributed by atoms with Crippen molar-refractivity contribution in [1.29, 1.82) is 0 Å². The number of H-pyrrole nitrogens is 1. The third-order valence-corrected chi connectivity index (χ3v) is 6.86. The number of nitrogens with zero attached hydrogens (tertiary/aromatic N) is 4. The molecule has 0 bridgehead atoms. The second-order valence-electron chi connectivity index (χ2n) is 9.77. The number of aryl methyl sites for hydroxylation is 1. The zero-order chi connectivity index (χ0) is 28.8. The first-order valence-corrected chi connectivity index (χ1v) is 13.0. The van der Waals surface area contributed by atoms with Gasteiger partial charge in [-0.1, -0.05) is 30.3 Å². The van der Waals surface area contributed by atoms with Gasteiger partial charge in [0.25, 0.3) is 11.5 Å². The number of likely N-dealkylation sites (tertiary alicyclic amines) is 1. The van der Waals surface area contributed by atoms with E-state index >= 15 is 0 Å². The molecule has 1 fully saturated rings. The molecule has 12 nitrogen and oxygen atoms in total. The minimum atomic E-state index is -0.833. The van der Waals surface area contributed by atoms with E-state index in [1.54, 1.807) is 0 Å². The number of aliphatic carboxylic acids is 2. The zero-order valence-corrected chi connectivity index (χ0v) is 22.4. The molecule has 0 spiro atoms. The van der Waals surface area contributed by atoms with E-state index in [0.717, 1.165) is 29.3 Å². The maximum absolute atomic E-state index is 12.6. The summed E-state index contributed by atoms with van der Waals surface area (Å²) in [5.74, 6) is -1.64. The van der Waals surface area contributed by atoms with Gasteiger partial charge in [-0.15, -0.1) is 0 Å². The Hall–Kier alpha value is -4.58. The number of aromatic amines is 1. The van der Waals surface area contributed by atoms with E-state index in [9.17, 15) is 19.5 Å². The molecule has 3 heterocycles. The van der Waals surface area contributed by atoms with Gasteiger partial charge in [0.2, 0.25) is 0 Å². The average molecular weight is 549 g/mol. The molecule has 5 rings (SSSR count). The SMILES string of the molecule is CC(=O)O.Cc1cc2nc3c(=O)[nH]c(=O)nc-3n(CCN3CCC(C(=O)O)CC3)c2cc1NCc1ccccc1. The Morgan fingerprint density at radius 1 is 1.05 bits per heavy atom. The average Bonchev–Trinajstić information content (AvgIpc) is 2.91. The molecule has 0 amide bonds. The van der Waals surface area contributed by atoms with Crippen LogP contribution in [0.15, 0.2) is 52.1 Å². The smallest absolute Gasteiger partial charge is 0.349 e. The Bertz CT molecular complexity index is 1590. The van der Waals surface area contributed by atoms with Crippen LogP contribution in [0.4, 0.5) is 5.69 Å². The Kier molecular flexibility index (Phi) is 8.90. The van der Waals surface area contributed by atoms with Crippen LogP contribution >= 0.6 is 0 Å². The number of fused-ring (bicyclic) bond motifs is 2. The fraction of sp³-hybridized carbons (Fsp3) is 0.357. The number of hydrogen-bond donors (Lipinski definition) is 4. The summed E-state index contributed by atoms with van der Waals surface area (Å²) in [6.07, 6.45) is 1.21. The minimum absolute atomic E-state index is 0.121. The van der Waals surface area contributed by atoms with Crippen molar-refractivity contribution in [3.8, 4) is 11.5 Å². The summed E-state index contributed by atoms with van der Waals surface area (Å²) in [5, 5.41) is 20.2. The third kappa shape index (κ3) is 6.89. The highest BCUT2D eigenvalue weighted by Crippen LogP contribution is 2.27. The number of carbonyl (C=O) groups is 2. The maximum Gasteiger partial charge on any atom is 0.349 e. The molecule has 12 heteroatoms. The summed E-state index contributed by atoms with van der Waals surface area (Å²) in [4.78, 5) is 58.0. The molecule has 0 aliphatic carbocycles. The summed E-state index contributed by atoms with van der Waals surface area (Å²) in [6, 6.07) is 14.0. The minimum Gasteiger partial charge on any atom is -0.481 e. The van der Waals surface area contributed by atoms with Gasteiger partial charge >= 0.3 is 11.7 Å². The summed E-state index contributed by atoms with van der Waals surface area (Å²) < 4.78 is 1.88. The second-order valence-corrected chi connectivity index (χ2v) is 9.77. The molecular weight excluding hydrogens is 516 g/mol. The van der Waals surface area contributed by atoms with Crippen molar-refractivity contribution in [2.75, 3.05) is 25.0 Å². The predicted molar refractivity (Wildman–Crippen MR) is 150 cm³/mol. The number of piperidine rings is 1. The first-order chi connectivity index (χ1) is 19.1. The molecule has 0 unspecified atom stereocenters. The lowest BCUT2D eigenvalue weighted by molar-refractivity contribution is -0.143. The molecule has 0 aromatic heterocycles. The number of carboxylic acids is 2. The van der Waals surface area contributed by atoms with Crippen LogP contribution in [0, 0.1) is 12.8 Å². The van der Waals surface area contributed by atoms with Crippen molar-refractivity contribution < 1.29 is 19.8 Å². The van der Waals surface area contributed by atoms with Crippen molar-refractivity contribution in [3.63, 3.8) is 0 Å². The van der Waals surface area contributed by atoms with E-state index in [0.29, 0.717) is 51.1 Å². The van der Waals surface area contributed by atoms with Crippen molar-refractivity contribution in [3.05, 3.63) is 74.4 Å². The van der Waals surface area contributed by atoms with Crippen LogP contribution in [0.1, 0.15) is 30.9 Å². The van der Waals surface area contributed by atoms with Crippen molar-refractivity contribution in [1.82, 2.24) is 24.4 Å². The lowest BCUT2D eigenvalue weighted by atomic mass is 9.97. The molecule has 210 valence electrons. The van der Waals surface area contributed by atoms with Crippen LogP contribution in [-0.2, 0) is 22.7 Å². The maximum atomic E-state index is 12.6. The second kappa shape index (κ2) is 12.5. The Morgan fingerprint density at radius 2 is 1.73 bits per heavy atom. The molecule has 3 aliphatic rings. The standard InChI is InChI=1S/C26H28N6O4.C2H4O2/c1-16-13-20-21(14-19(16)27-15-17-5-3-2-4-6-17)32(23-22(28-20)24(33)30-26(36)29-23)12-11-31-9-7-18(8-10-31)25(34)35;1-2(3)4/h2-6,13-14,18,27H,7-12,15H2,1H3,(H,34,35)(H,30,33,36);1H3,(H,3,4). The number of hydrogen-bond acceptors (Lipinski definition) is 8. The van der Waals surface area contributed by atoms with Gasteiger partial charge in [-0.05, 0) is 56.1 Å². The van der Waals surface area contributed by atoms with Crippen LogP contribution in [-0.4, -0.2) is 66.2 Å². The molecule has 40 heavy (non-hydrogen) atoms. The highest BCUT2D eigenvalue weighted by molar-refractivity contribution is 5.84. The molecule has 1 saturated heterocycles. The highest BCUT2D eigenvalue weighted by atomic mass is 16.4. The summed E-state index contributed by atoms with van der Waals surface area (Å²) in [6.45, 7) is 6.19. The number of aromatic nitrogens is 4. The van der Waals surface area contributed by atoms with Gasteiger partial charge in [-0.25, -0.2) is 9.78 Å². The van der Waals surface area contributed by atoms with Crippen LogP contribution in [0.5, 0.6) is 0 Å². The highest BCUT2D eigenvalue weighted by Gasteiger charge is 2.25. The molecule has 3 aliphatic heterocycles. The van der Waals surface area contributed by atoms with Crippen molar-refractivity contribution in [2.45, 2.75) is 39.8 Å². The molecule has 4 N–H and O–H groups in total. The Morgan fingerprint density at radius 3 is 2.38 bits per heavy atom. The fourth-order valence-corrected chi connectivity index (χ4v) is 4.80. The molecule has 0 saturated carbocycles. The molecule has 2 aromatic carbocycles. The van der Waals surface area contributed by atoms with Gasteiger partial charge in [0, 0.05) is 32.2 Å². The van der Waals surface area contributed by atoms with Gasteiger partial charge in [-0.3, -0.25) is 19.4 Å². The first-order valence-electron chi connectivity index (χ1n) is 13.0. The van der Waals surface area contributed by atoms with Crippen molar-refractivity contribution in [2.24, 2.45) is 5.92 Å². The normalized spacial score (nSPS) is 14.1. The summed E-state index contributed by atoms with van der Waals surface area (Å²) in [5.41, 5.74) is 3.31. The fourth-order valence-electron chi connectivity index (χ4n) is 4.80. The third-order valence-electron chi connectivity index (χ3n) is 6.86. The Labute approximate surface area is 229 Å². The molecule has 2 aromatic rings. The molecule has 0 atom stereocenters. The van der Waals surface area contributed by atoms with E-state index in [-0.39, 0.29) is 17.4 Å². The van der Waals surface area contributed by atoms with Crippen LogP contribution in [0.2, 0.25) is 0 Å². The van der Waals surface area contributed by atoms with E-state index in [1.807, 2.05) is 41.8 Å².